The van der Waals surface area contributed by atoms with Gasteiger partial charge in [-0.15, -0.1) is 0 Å². The molecule has 23 heavy (non-hydrogen) atoms. The number of aromatic nitrogens is 1. The minimum absolute atomic E-state index is 0.177. The summed E-state index contributed by atoms with van der Waals surface area (Å²) in [5, 5.41) is 0. The molecule has 122 valence electrons. The third-order valence-electron chi connectivity index (χ3n) is 4.96. The molecule has 3 nitrogen and oxygen atoms in total. The summed E-state index contributed by atoms with van der Waals surface area (Å²) in [6.45, 7) is 8.02. The molecule has 1 fully saturated rings. The number of amides is 1. The topological polar surface area (TPSA) is 36.1 Å². The second kappa shape index (κ2) is 6.61. The number of hydrogen-bond acceptors (Lipinski definition) is 1. The molecule has 1 aromatic carbocycles. The highest BCUT2D eigenvalue weighted by Gasteiger charge is 2.21. The van der Waals surface area contributed by atoms with Gasteiger partial charge in [-0.05, 0) is 62.4 Å². The van der Waals surface area contributed by atoms with Gasteiger partial charge in [-0.2, -0.15) is 0 Å². The smallest absolute Gasteiger partial charge is 0.255 e. The van der Waals surface area contributed by atoms with Crippen LogP contribution >= 0.6 is 0 Å². The molecule has 1 saturated heterocycles. The molecule has 1 aromatic heterocycles. The Kier molecular flexibility index (Phi) is 4.56. The summed E-state index contributed by atoms with van der Waals surface area (Å²) in [6, 6.07) is 8.46. The minimum atomic E-state index is 0.177. The Morgan fingerprint density at radius 1 is 0.957 bits per heavy atom. The van der Waals surface area contributed by atoms with Crippen LogP contribution in [0, 0.1) is 20.8 Å². The van der Waals surface area contributed by atoms with E-state index in [1.807, 2.05) is 17.9 Å². The van der Waals surface area contributed by atoms with Crippen LogP contribution in [0.2, 0.25) is 0 Å². The van der Waals surface area contributed by atoms with Gasteiger partial charge in [0.25, 0.3) is 5.91 Å². The van der Waals surface area contributed by atoms with Gasteiger partial charge in [0.2, 0.25) is 0 Å². The van der Waals surface area contributed by atoms with Crippen molar-refractivity contribution in [1.29, 1.82) is 0 Å². The summed E-state index contributed by atoms with van der Waals surface area (Å²) in [7, 11) is 0. The maximum atomic E-state index is 12.8. The van der Waals surface area contributed by atoms with E-state index in [1.54, 1.807) is 0 Å². The highest BCUT2D eigenvalue weighted by atomic mass is 16.2. The number of aromatic amines is 1. The summed E-state index contributed by atoms with van der Waals surface area (Å²) >= 11 is 0. The second-order valence-corrected chi connectivity index (χ2v) is 6.73. The third kappa shape index (κ3) is 3.34. The van der Waals surface area contributed by atoms with Crippen LogP contribution in [0.5, 0.6) is 0 Å². The summed E-state index contributed by atoms with van der Waals surface area (Å²) in [6.07, 6.45) is 4.73. The van der Waals surface area contributed by atoms with Crippen molar-refractivity contribution in [2.75, 3.05) is 13.1 Å². The number of H-pyrrole nitrogens is 1. The van der Waals surface area contributed by atoms with E-state index in [2.05, 4.69) is 37.0 Å². The second-order valence-electron chi connectivity index (χ2n) is 6.73. The molecule has 1 aliphatic heterocycles. The highest BCUT2D eigenvalue weighted by Crippen LogP contribution is 2.25. The Bertz CT molecular complexity index is 706. The maximum absolute atomic E-state index is 12.8. The molecule has 3 heteroatoms. The van der Waals surface area contributed by atoms with Crippen molar-refractivity contribution < 1.29 is 4.79 Å². The summed E-state index contributed by atoms with van der Waals surface area (Å²) < 4.78 is 0. The molecular formula is C20H26N2O. The number of hydrogen-bond donors (Lipinski definition) is 1. The molecule has 3 rings (SSSR count). The van der Waals surface area contributed by atoms with Crippen molar-refractivity contribution in [1.82, 2.24) is 9.88 Å². The Balaban J connectivity index is 1.88. The van der Waals surface area contributed by atoms with Crippen LogP contribution in [0.1, 0.15) is 52.9 Å². The van der Waals surface area contributed by atoms with E-state index in [-0.39, 0.29) is 5.91 Å². The van der Waals surface area contributed by atoms with Gasteiger partial charge in [-0.3, -0.25) is 4.79 Å². The number of benzene rings is 1. The molecule has 2 aromatic rings. The van der Waals surface area contributed by atoms with E-state index in [1.165, 1.54) is 24.0 Å². The summed E-state index contributed by atoms with van der Waals surface area (Å²) in [4.78, 5) is 18.3. The van der Waals surface area contributed by atoms with E-state index >= 15 is 0 Å². The van der Waals surface area contributed by atoms with E-state index < -0.39 is 0 Å². The zero-order valence-electron chi connectivity index (χ0n) is 14.4. The molecular weight excluding hydrogens is 284 g/mol. The number of carbonyl (C=O) groups excluding carboxylic acids is 1. The molecule has 1 N–H and O–H groups in total. The van der Waals surface area contributed by atoms with E-state index in [0.717, 1.165) is 48.4 Å². The fourth-order valence-corrected chi connectivity index (χ4v) is 3.29. The molecule has 2 heterocycles. The van der Waals surface area contributed by atoms with Gasteiger partial charge in [0.15, 0.2) is 0 Å². The normalized spacial score (nSPS) is 15.5. The van der Waals surface area contributed by atoms with E-state index in [4.69, 9.17) is 0 Å². The number of rotatable bonds is 2. The van der Waals surface area contributed by atoms with Crippen LogP contribution in [0.3, 0.4) is 0 Å². The first kappa shape index (κ1) is 15.9. The lowest BCUT2D eigenvalue weighted by Gasteiger charge is -2.20. The first-order valence-electron chi connectivity index (χ1n) is 8.63. The molecule has 0 atom stereocenters. The number of nitrogens with zero attached hydrogens (tertiary/aromatic N) is 1. The van der Waals surface area contributed by atoms with E-state index in [0.29, 0.717) is 0 Å². The molecule has 0 radical (unpaired) electrons. The van der Waals surface area contributed by atoms with Crippen LogP contribution < -0.4 is 0 Å². The predicted octanol–water partition coefficient (Wildman–Crippen LogP) is 4.62. The van der Waals surface area contributed by atoms with Crippen molar-refractivity contribution in [3.8, 4) is 11.3 Å². The average molecular weight is 310 g/mol. The molecule has 0 aliphatic carbocycles. The first-order valence-corrected chi connectivity index (χ1v) is 8.63. The largest absolute Gasteiger partial charge is 0.358 e. The van der Waals surface area contributed by atoms with Gasteiger partial charge in [-0.1, -0.05) is 25.0 Å². The molecule has 1 amide bonds. The van der Waals surface area contributed by atoms with Crippen molar-refractivity contribution >= 4 is 5.91 Å². The van der Waals surface area contributed by atoms with Crippen LogP contribution in [0.25, 0.3) is 11.3 Å². The monoisotopic (exact) mass is 310 g/mol. The lowest BCUT2D eigenvalue weighted by Crippen LogP contribution is -2.31. The first-order chi connectivity index (χ1) is 11.1. The number of nitrogens with one attached hydrogen (secondary N) is 1. The number of aryl methyl sites for hydroxylation is 3. The van der Waals surface area contributed by atoms with Gasteiger partial charge in [0, 0.05) is 24.5 Å². The Hall–Kier alpha value is -2.03. The Morgan fingerprint density at radius 2 is 1.65 bits per heavy atom. The van der Waals surface area contributed by atoms with Gasteiger partial charge in [-0.25, -0.2) is 0 Å². The van der Waals surface area contributed by atoms with Gasteiger partial charge in [0.05, 0.1) is 5.56 Å². The molecule has 1 aliphatic rings. The van der Waals surface area contributed by atoms with Gasteiger partial charge in [0.1, 0.15) is 0 Å². The van der Waals surface area contributed by atoms with Crippen molar-refractivity contribution in [3.05, 3.63) is 46.6 Å². The third-order valence-corrected chi connectivity index (χ3v) is 4.96. The molecule has 0 saturated carbocycles. The Morgan fingerprint density at radius 3 is 2.30 bits per heavy atom. The quantitative estimate of drug-likeness (QED) is 0.863. The van der Waals surface area contributed by atoms with E-state index in [9.17, 15) is 4.79 Å². The summed E-state index contributed by atoms with van der Waals surface area (Å²) in [5.41, 5.74) is 6.52. The molecule has 0 unspecified atom stereocenters. The predicted molar refractivity (Wildman–Crippen MR) is 94.8 cm³/mol. The lowest BCUT2D eigenvalue weighted by molar-refractivity contribution is 0.0761. The van der Waals surface area contributed by atoms with Gasteiger partial charge < -0.3 is 9.88 Å². The fourth-order valence-electron chi connectivity index (χ4n) is 3.29. The van der Waals surface area contributed by atoms with Gasteiger partial charge >= 0.3 is 0 Å². The summed E-state index contributed by atoms with van der Waals surface area (Å²) in [5.74, 6) is 0.177. The van der Waals surface area contributed by atoms with Crippen LogP contribution in [0.15, 0.2) is 24.3 Å². The molecule has 0 bridgehead atoms. The zero-order chi connectivity index (χ0) is 16.4. The highest BCUT2D eigenvalue weighted by molar-refractivity contribution is 5.96. The van der Waals surface area contributed by atoms with Crippen LogP contribution in [0.4, 0.5) is 0 Å². The minimum Gasteiger partial charge on any atom is -0.358 e. The van der Waals surface area contributed by atoms with Crippen molar-refractivity contribution in [2.24, 2.45) is 0 Å². The molecule has 0 spiro atoms. The van der Waals surface area contributed by atoms with Crippen LogP contribution in [-0.4, -0.2) is 28.9 Å². The van der Waals surface area contributed by atoms with Crippen LogP contribution in [-0.2, 0) is 0 Å². The Labute approximate surface area is 138 Å². The number of carbonyl (C=O) groups is 1. The number of likely N-dealkylation sites (tertiary alicyclic amines) is 1. The lowest BCUT2D eigenvalue weighted by atomic mass is 10.0. The maximum Gasteiger partial charge on any atom is 0.255 e. The average Bonchev–Trinajstić information content (AvgIpc) is 2.75. The fraction of sp³-hybridized carbons (Fsp3) is 0.450. The zero-order valence-corrected chi connectivity index (χ0v) is 14.4. The SMILES string of the molecule is Cc1ccc(-c2cc(C(=O)N3CCCCCC3)c(C)[nH]2)cc1C. The van der Waals surface area contributed by atoms with Crippen molar-refractivity contribution in [3.63, 3.8) is 0 Å². The van der Waals surface area contributed by atoms with Crippen molar-refractivity contribution in [2.45, 2.75) is 46.5 Å². The standard InChI is InChI=1S/C20H26N2O/c1-14-8-9-17(12-15(14)2)19-13-18(16(3)21-19)20(23)22-10-6-4-5-7-11-22/h8-9,12-13,21H,4-7,10-11H2,1-3H3.